The fourth-order valence-corrected chi connectivity index (χ4v) is 1.01. The van der Waals surface area contributed by atoms with Crippen molar-refractivity contribution in [1.29, 1.82) is 0 Å². The van der Waals surface area contributed by atoms with E-state index in [-0.39, 0.29) is 5.69 Å². The Morgan fingerprint density at radius 1 is 1.31 bits per heavy atom. The Labute approximate surface area is 74.8 Å². The van der Waals surface area contributed by atoms with E-state index in [0.29, 0.717) is 5.82 Å². The molecule has 2 aromatic rings. The molecular weight excluding hydrogens is 166 g/mol. The molecular formula is C9H6N3O. The summed E-state index contributed by atoms with van der Waals surface area (Å²) in [6.07, 6.45) is 5.14. The number of pyridine rings is 1. The van der Waals surface area contributed by atoms with Crippen LogP contribution in [0.5, 0.6) is 0 Å². The average Bonchev–Trinajstić information content (AvgIpc) is 2.71. The number of hydrogen-bond donors (Lipinski definition) is 0. The second kappa shape index (κ2) is 3.18. The highest BCUT2D eigenvalue weighted by molar-refractivity contribution is 5.72. The molecule has 63 valence electrons. The van der Waals surface area contributed by atoms with E-state index in [1.54, 1.807) is 47.6 Å². The predicted molar refractivity (Wildman–Crippen MR) is 46.2 cm³/mol. The van der Waals surface area contributed by atoms with Crippen molar-refractivity contribution in [3.05, 3.63) is 42.4 Å². The van der Waals surface area contributed by atoms with Gasteiger partial charge in [0, 0.05) is 12.4 Å². The van der Waals surface area contributed by atoms with Crippen LogP contribution >= 0.6 is 0 Å². The molecule has 1 radical (unpaired) electrons. The quantitative estimate of drug-likeness (QED) is 0.670. The molecule has 0 atom stereocenters. The molecule has 0 unspecified atom stereocenters. The number of carbonyl (C=O) groups excluding carboxylic acids is 1. The predicted octanol–water partition coefficient (Wildman–Crippen LogP) is 0.725. The second-order valence-electron chi connectivity index (χ2n) is 2.43. The monoisotopic (exact) mass is 172 g/mol. The van der Waals surface area contributed by atoms with Gasteiger partial charge in [0.1, 0.15) is 5.69 Å². The number of aromatic nitrogens is 3. The van der Waals surface area contributed by atoms with Gasteiger partial charge in [0.05, 0.1) is 0 Å². The van der Waals surface area contributed by atoms with E-state index in [2.05, 4.69) is 10.1 Å². The third kappa shape index (κ3) is 1.46. The van der Waals surface area contributed by atoms with Crippen LogP contribution in [0.2, 0.25) is 0 Å². The Kier molecular flexibility index (Phi) is 1.88. The van der Waals surface area contributed by atoms with Crippen molar-refractivity contribution in [1.82, 2.24) is 14.8 Å². The van der Waals surface area contributed by atoms with Gasteiger partial charge in [0.15, 0.2) is 5.82 Å². The van der Waals surface area contributed by atoms with Gasteiger partial charge in [-0.1, -0.05) is 6.07 Å². The zero-order valence-corrected chi connectivity index (χ0v) is 6.71. The van der Waals surface area contributed by atoms with Crippen molar-refractivity contribution in [3.8, 4) is 5.82 Å². The highest BCUT2D eigenvalue weighted by Gasteiger charge is 1.98. The molecule has 0 saturated heterocycles. The molecule has 0 fully saturated rings. The molecule has 2 rings (SSSR count). The lowest BCUT2D eigenvalue weighted by Gasteiger charge is -1.98. The zero-order chi connectivity index (χ0) is 9.10. The maximum absolute atomic E-state index is 10.3. The molecule has 0 aliphatic heterocycles. The minimum absolute atomic E-state index is 0.285. The van der Waals surface area contributed by atoms with Crippen LogP contribution in [0.25, 0.3) is 5.82 Å². The van der Waals surface area contributed by atoms with Crippen LogP contribution in [0.3, 0.4) is 0 Å². The van der Waals surface area contributed by atoms with Gasteiger partial charge in [-0.05, 0) is 18.2 Å². The van der Waals surface area contributed by atoms with Crippen LogP contribution in [0.15, 0.2) is 36.7 Å². The Hall–Kier alpha value is -1.97. The smallest absolute Gasteiger partial charge is 0.253 e. The molecule has 0 aliphatic rings. The van der Waals surface area contributed by atoms with Gasteiger partial charge in [-0.3, -0.25) is 4.79 Å². The van der Waals surface area contributed by atoms with Crippen molar-refractivity contribution in [2.24, 2.45) is 0 Å². The summed E-state index contributed by atoms with van der Waals surface area (Å²) >= 11 is 0. The van der Waals surface area contributed by atoms with Gasteiger partial charge in [-0.15, -0.1) is 0 Å². The fourth-order valence-electron chi connectivity index (χ4n) is 1.01. The summed E-state index contributed by atoms with van der Waals surface area (Å²) in [6, 6.07) is 6.90. The van der Waals surface area contributed by atoms with E-state index < -0.39 is 0 Å². The van der Waals surface area contributed by atoms with Gasteiger partial charge in [0.25, 0.3) is 6.29 Å². The van der Waals surface area contributed by atoms with E-state index in [1.165, 1.54) is 0 Å². The normalized spacial score (nSPS) is 9.85. The van der Waals surface area contributed by atoms with Gasteiger partial charge in [-0.2, -0.15) is 5.10 Å². The molecule has 4 heteroatoms. The van der Waals surface area contributed by atoms with Crippen LogP contribution in [0.4, 0.5) is 0 Å². The Morgan fingerprint density at radius 2 is 2.23 bits per heavy atom. The second-order valence-corrected chi connectivity index (χ2v) is 2.43. The van der Waals surface area contributed by atoms with Gasteiger partial charge >= 0.3 is 0 Å². The van der Waals surface area contributed by atoms with E-state index in [4.69, 9.17) is 0 Å². The lowest BCUT2D eigenvalue weighted by atomic mass is 10.4. The molecule has 0 saturated carbocycles. The summed E-state index contributed by atoms with van der Waals surface area (Å²) < 4.78 is 1.58. The first-order valence-corrected chi connectivity index (χ1v) is 3.75. The molecule has 0 amide bonds. The molecule has 0 N–H and O–H groups in total. The summed E-state index contributed by atoms with van der Waals surface area (Å²) in [6.45, 7) is 0. The molecule has 0 aliphatic carbocycles. The van der Waals surface area contributed by atoms with E-state index in [9.17, 15) is 4.79 Å². The number of rotatable bonds is 2. The van der Waals surface area contributed by atoms with Gasteiger partial charge < -0.3 is 0 Å². The number of nitrogens with zero attached hydrogens (tertiary/aromatic N) is 3. The van der Waals surface area contributed by atoms with E-state index in [0.717, 1.165) is 0 Å². The summed E-state index contributed by atoms with van der Waals surface area (Å²) in [5, 5.41) is 3.99. The van der Waals surface area contributed by atoms with Crippen molar-refractivity contribution in [2.75, 3.05) is 0 Å². The van der Waals surface area contributed by atoms with Crippen LogP contribution < -0.4 is 0 Å². The Morgan fingerprint density at radius 3 is 2.92 bits per heavy atom. The zero-order valence-electron chi connectivity index (χ0n) is 6.71. The molecule has 2 heterocycles. The van der Waals surface area contributed by atoms with Crippen LogP contribution in [-0.2, 0) is 4.79 Å². The van der Waals surface area contributed by atoms with Crippen molar-refractivity contribution in [3.63, 3.8) is 0 Å². The van der Waals surface area contributed by atoms with Crippen molar-refractivity contribution >= 4 is 6.29 Å². The minimum atomic E-state index is 0.285. The molecule has 0 spiro atoms. The first-order chi connectivity index (χ1) is 6.40. The lowest BCUT2D eigenvalue weighted by Crippen LogP contribution is -1.99. The summed E-state index contributed by atoms with van der Waals surface area (Å²) in [5.74, 6) is 0.617. The summed E-state index contributed by atoms with van der Waals surface area (Å²) in [5.41, 5.74) is 0.285. The molecule has 0 aromatic carbocycles. The average molecular weight is 172 g/mol. The van der Waals surface area contributed by atoms with Crippen LogP contribution in [0, 0.1) is 0 Å². The molecule has 2 aromatic heterocycles. The fraction of sp³-hybridized carbons (Fsp3) is 0. The standard InChI is InChI=1S/C9H6N3O/c13-7-8-3-1-4-9(11-8)12-6-2-5-10-12/h1-6H. The third-order valence-corrected chi connectivity index (χ3v) is 1.58. The minimum Gasteiger partial charge on any atom is -0.283 e. The molecule has 13 heavy (non-hydrogen) atoms. The van der Waals surface area contributed by atoms with Crippen molar-refractivity contribution < 1.29 is 4.79 Å². The maximum Gasteiger partial charge on any atom is 0.253 e. The molecule has 0 bridgehead atoms. The van der Waals surface area contributed by atoms with Gasteiger partial charge in [-0.25, -0.2) is 9.67 Å². The van der Waals surface area contributed by atoms with E-state index >= 15 is 0 Å². The SMILES string of the molecule is O=[C]c1cccc(-n2cccn2)n1. The number of hydrogen-bond acceptors (Lipinski definition) is 3. The summed E-state index contributed by atoms with van der Waals surface area (Å²) in [7, 11) is 0. The van der Waals surface area contributed by atoms with Crippen LogP contribution in [-0.4, -0.2) is 21.1 Å². The Bertz CT molecular complexity index is 409. The topological polar surface area (TPSA) is 47.8 Å². The highest BCUT2D eigenvalue weighted by Crippen LogP contribution is 2.02. The Balaban J connectivity index is 2.47. The first kappa shape index (κ1) is 7.67. The summed E-state index contributed by atoms with van der Waals surface area (Å²) in [4.78, 5) is 14.3. The third-order valence-electron chi connectivity index (χ3n) is 1.58. The maximum atomic E-state index is 10.3. The van der Waals surface area contributed by atoms with Crippen molar-refractivity contribution in [2.45, 2.75) is 0 Å². The van der Waals surface area contributed by atoms with Crippen LogP contribution in [0.1, 0.15) is 5.69 Å². The highest BCUT2D eigenvalue weighted by atomic mass is 16.1. The molecule has 4 nitrogen and oxygen atoms in total. The van der Waals surface area contributed by atoms with Gasteiger partial charge in [0.2, 0.25) is 0 Å². The van der Waals surface area contributed by atoms with E-state index in [1.807, 2.05) is 0 Å². The first-order valence-electron chi connectivity index (χ1n) is 3.75. The lowest BCUT2D eigenvalue weighted by molar-refractivity contribution is 0.561. The largest absolute Gasteiger partial charge is 0.283 e.